The number of fused-ring (bicyclic) bond motifs is 1. The molecule has 3 heterocycles. The van der Waals surface area contributed by atoms with Gasteiger partial charge in [0.2, 0.25) is 10.0 Å². The molecule has 4 rings (SSSR count). The fourth-order valence-corrected chi connectivity index (χ4v) is 5.26. The van der Waals surface area contributed by atoms with E-state index in [1.54, 1.807) is 12.1 Å². The number of sulfonamides is 1. The van der Waals surface area contributed by atoms with Crippen LogP contribution in [0.25, 0.3) is 0 Å². The molecule has 0 unspecified atom stereocenters. The van der Waals surface area contributed by atoms with Gasteiger partial charge >= 0.3 is 0 Å². The van der Waals surface area contributed by atoms with Gasteiger partial charge in [0.15, 0.2) is 6.61 Å². The molecule has 0 spiro atoms. The second-order valence-corrected chi connectivity index (χ2v) is 8.72. The molecule has 0 radical (unpaired) electrons. The number of morpholine rings is 1. The smallest absolute Gasteiger partial charge is 0.262 e. The van der Waals surface area contributed by atoms with Crippen molar-refractivity contribution >= 4 is 21.6 Å². The number of benzene rings is 1. The molecular formula is C17H23N3O5S. The molecule has 0 aromatic heterocycles. The first kappa shape index (κ1) is 17.7. The van der Waals surface area contributed by atoms with Crippen molar-refractivity contribution < 1.29 is 22.7 Å². The van der Waals surface area contributed by atoms with Crippen LogP contribution < -0.4 is 10.1 Å². The zero-order chi connectivity index (χ0) is 18.1. The topological polar surface area (TPSA) is 88.2 Å². The minimum atomic E-state index is -3.58. The lowest BCUT2D eigenvalue weighted by Crippen LogP contribution is -2.50. The lowest BCUT2D eigenvalue weighted by atomic mass is 10.0. The predicted molar refractivity (Wildman–Crippen MR) is 94.7 cm³/mol. The van der Waals surface area contributed by atoms with Crippen LogP contribution in [-0.4, -0.2) is 75.6 Å². The molecule has 1 amide bonds. The highest BCUT2D eigenvalue weighted by atomic mass is 32.2. The van der Waals surface area contributed by atoms with E-state index in [-0.39, 0.29) is 17.4 Å². The molecule has 0 atom stereocenters. The highest BCUT2D eigenvalue weighted by Gasteiger charge is 2.32. The van der Waals surface area contributed by atoms with E-state index >= 15 is 0 Å². The fraction of sp³-hybridized carbons (Fsp3) is 0.588. The second-order valence-electron chi connectivity index (χ2n) is 6.78. The number of rotatable bonds is 3. The summed E-state index contributed by atoms with van der Waals surface area (Å²) >= 11 is 0. The number of hydrogen-bond donors (Lipinski definition) is 1. The van der Waals surface area contributed by atoms with Gasteiger partial charge in [-0.2, -0.15) is 4.31 Å². The van der Waals surface area contributed by atoms with Crippen molar-refractivity contribution in [2.75, 3.05) is 51.3 Å². The number of carbonyl (C=O) groups is 1. The van der Waals surface area contributed by atoms with E-state index in [0.29, 0.717) is 30.6 Å². The summed E-state index contributed by atoms with van der Waals surface area (Å²) < 4.78 is 38.2. The van der Waals surface area contributed by atoms with Gasteiger partial charge in [-0.15, -0.1) is 0 Å². The van der Waals surface area contributed by atoms with Crippen LogP contribution in [0.3, 0.4) is 0 Å². The molecular weight excluding hydrogens is 358 g/mol. The van der Waals surface area contributed by atoms with Gasteiger partial charge in [-0.1, -0.05) is 0 Å². The van der Waals surface area contributed by atoms with Crippen molar-refractivity contribution in [2.24, 2.45) is 0 Å². The number of nitrogens with zero attached hydrogens (tertiary/aromatic N) is 2. The summed E-state index contributed by atoms with van der Waals surface area (Å²) in [6.45, 7) is 4.30. The van der Waals surface area contributed by atoms with Crippen LogP contribution in [0.5, 0.6) is 5.75 Å². The van der Waals surface area contributed by atoms with Crippen LogP contribution in [0, 0.1) is 0 Å². The fourth-order valence-electron chi connectivity index (χ4n) is 3.76. The van der Waals surface area contributed by atoms with E-state index in [2.05, 4.69) is 10.2 Å². The monoisotopic (exact) mass is 381 g/mol. The molecule has 2 saturated heterocycles. The van der Waals surface area contributed by atoms with Crippen LogP contribution in [-0.2, 0) is 19.6 Å². The molecule has 142 valence electrons. The Hall–Kier alpha value is -1.68. The van der Waals surface area contributed by atoms with Gasteiger partial charge in [0, 0.05) is 32.2 Å². The first-order valence-electron chi connectivity index (χ1n) is 8.93. The third-order valence-electron chi connectivity index (χ3n) is 5.21. The highest BCUT2D eigenvalue weighted by molar-refractivity contribution is 7.89. The molecule has 0 bridgehead atoms. The van der Waals surface area contributed by atoms with Gasteiger partial charge in [0.1, 0.15) is 5.75 Å². The Bertz CT molecular complexity index is 784. The molecule has 1 aromatic carbocycles. The summed E-state index contributed by atoms with van der Waals surface area (Å²) in [6.07, 6.45) is 1.65. The van der Waals surface area contributed by atoms with Gasteiger partial charge in [0.05, 0.1) is 23.8 Å². The highest BCUT2D eigenvalue weighted by Crippen LogP contribution is 2.32. The molecule has 2 fully saturated rings. The van der Waals surface area contributed by atoms with Gasteiger partial charge in [-0.25, -0.2) is 8.42 Å². The summed E-state index contributed by atoms with van der Waals surface area (Å²) in [5, 5.41) is 2.66. The summed E-state index contributed by atoms with van der Waals surface area (Å²) in [7, 11) is -3.58. The maximum Gasteiger partial charge on any atom is 0.262 e. The van der Waals surface area contributed by atoms with Crippen LogP contribution in [0.4, 0.5) is 5.69 Å². The molecule has 9 heteroatoms. The SMILES string of the molecule is O=C1COc2ccc(S(=O)(=O)N3CCC(N4CCOCC4)CC3)cc2N1. The summed E-state index contributed by atoms with van der Waals surface area (Å²) in [6, 6.07) is 5.04. The third-order valence-corrected chi connectivity index (χ3v) is 7.10. The van der Waals surface area contributed by atoms with Crippen LogP contribution >= 0.6 is 0 Å². The van der Waals surface area contributed by atoms with Crippen LogP contribution in [0.15, 0.2) is 23.1 Å². The Labute approximate surface area is 153 Å². The standard InChI is InChI=1S/C17H23N3O5S/c21-17-12-25-16-2-1-14(11-15(16)18-17)26(22,23)20-5-3-13(4-6-20)19-7-9-24-10-8-19/h1-2,11,13H,3-10,12H2,(H,18,21). The van der Waals surface area contributed by atoms with Crippen molar-refractivity contribution in [3.05, 3.63) is 18.2 Å². The molecule has 0 saturated carbocycles. The van der Waals surface area contributed by atoms with E-state index < -0.39 is 10.0 Å². The molecule has 3 aliphatic heterocycles. The maximum absolute atomic E-state index is 13.0. The normalized spacial score (nSPS) is 23.2. The number of piperidine rings is 1. The van der Waals surface area contributed by atoms with Crippen LogP contribution in [0.1, 0.15) is 12.8 Å². The van der Waals surface area contributed by atoms with Gasteiger partial charge in [0.25, 0.3) is 5.91 Å². The Morgan fingerprint density at radius 3 is 2.54 bits per heavy atom. The molecule has 3 aliphatic rings. The molecule has 1 aromatic rings. The molecule has 26 heavy (non-hydrogen) atoms. The Balaban J connectivity index is 1.46. The van der Waals surface area contributed by atoms with Gasteiger partial charge in [-0.05, 0) is 31.0 Å². The summed E-state index contributed by atoms with van der Waals surface area (Å²) in [5.74, 6) is 0.216. The molecule has 0 aliphatic carbocycles. The molecule has 8 nitrogen and oxygen atoms in total. The Morgan fingerprint density at radius 2 is 1.81 bits per heavy atom. The summed E-state index contributed by atoms with van der Waals surface area (Å²) in [5.41, 5.74) is 0.408. The summed E-state index contributed by atoms with van der Waals surface area (Å²) in [4.78, 5) is 14.1. The average molecular weight is 381 g/mol. The van der Waals surface area contributed by atoms with E-state index in [0.717, 1.165) is 39.1 Å². The molecule has 1 N–H and O–H groups in total. The van der Waals surface area contributed by atoms with Crippen LogP contribution in [0.2, 0.25) is 0 Å². The Morgan fingerprint density at radius 1 is 1.08 bits per heavy atom. The van der Waals surface area contributed by atoms with E-state index in [1.165, 1.54) is 10.4 Å². The third kappa shape index (κ3) is 3.44. The number of anilines is 1. The second kappa shape index (κ2) is 7.15. The van der Waals surface area contributed by atoms with E-state index in [1.807, 2.05) is 0 Å². The van der Waals surface area contributed by atoms with Crippen molar-refractivity contribution in [3.63, 3.8) is 0 Å². The van der Waals surface area contributed by atoms with Gasteiger partial charge in [-0.3, -0.25) is 9.69 Å². The quantitative estimate of drug-likeness (QED) is 0.821. The van der Waals surface area contributed by atoms with Crippen molar-refractivity contribution in [2.45, 2.75) is 23.8 Å². The van der Waals surface area contributed by atoms with E-state index in [9.17, 15) is 13.2 Å². The minimum absolute atomic E-state index is 0.0475. The predicted octanol–water partition coefficient (Wildman–Crippen LogP) is 0.503. The minimum Gasteiger partial charge on any atom is -0.482 e. The van der Waals surface area contributed by atoms with Crippen molar-refractivity contribution in [1.82, 2.24) is 9.21 Å². The number of amides is 1. The average Bonchev–Trinajstić information content (AvgIpc) is 2.68. The number of nitrogens with one attached hydrogen (secondary N) is 1. The largest absolute Gasteiger partial charge is 0.482 e. The number of hydrogen-bond acceptors (Lipinski definition) is 6. The first-order valence-corrected chi connectivity index (χ1v) is 10.4. The van der Waals surface area contributed by atoms with Crippen molar-refractivity contribution in [3.8, 4) is 5.75 Å². The first-order chi connectivity index (χ1) is 12.5. The van der Waals surface area contributed by atoms with Gasteiger partial charge < -0.3 is 14.8 Å². The van der Waals surface area contributed by atoms with E-state index in [4.69, 9.17) is 9.47 Å². The maximum atomic E-state index is 13.0. The Kier molecular flexibility index (Phi) is 4.87. The number of ether oxygens (including phenoxy) is 2. The zero-order valence-electron chi connectivity index (χ0n) is 14.5. The lowest BCUT2D eigenvalue weighted by Gasteiger charge is -2.39. The van der Waals surface area contributed by atoms with Crippen molar-refractivity contribution in [1.29, 1.82) is 0 Å². The zero-order valence-corrected chi connectivity index (χ0v) is 15.3. The number of carbonyl (C=O) groups excluding carboxylic acids is 1. The lowest BCUT2D eigenvalue weighted by molar-refractivity contribution is -0.118.